The van der Waals surface area contributed by atoms with E-state index < -0.39 is 23.2 Å². The van der Waals surface area contributed by atoms with Crippen LogP contribution in [0.15, 0.2) is 48.7 Å². The van der Waals surface area contributed by atoms with Crippen LogP contribution in [0.4, 0.5) is 18.9 Å². The number of rotatable bonds is 3. The van der Waals surface area contributed by atoms with E-state index in [9.17, 15) is 22.8 Å². The van der Waals surface area contributed by atoms with Gasteiger partial charge in [-0.2, -0.15) is 13.2 Å². The van der Waals surface area contributed by atoms with Gasteiger partial charge < -0.3 is 10.6 Å². The fraction of sp³-hybridized carbons (Fsp3) is 0.150. The maximum atomic E-state index is 13.7. The third kappa shape index (κ3) is 3.53. The first kappa shape index (κ1) is 19.3. The number of nitrogens with one attached hydrogen (secondary N) is 2. The van der Waals surface area contributed by atoms with E-state index in [2.05, 4.69) is 15.6 Å². The molecule has 2 N–H and O–H groups in total. The Bertz CT molecular complexity index is 1080. The highest BCUT2D eigenvalue weighted by Crippen LogP contribution is 2.37. The number of amides is 2. The van der Waals surface area contributed by atoms with Crippen LogP contribution in [0.1, 0.15) is 31.8 Å². The van der Waals surface area contributed by atoms with E-state index in [0.717, 1.165) is 6.20 Å². The van der Waals surface area contributed by atoms with Crippen molar-refractivity contribution < 1.29 is 22.8 Å². The van der Waals surface area contributed by atoms with Crippen molar-refractivity contribution >= 4 is 28.4 Å². The Balaban J connectivity index is 2.07. The van der Waals surface area contributed by atoms with Crippen molar-refractivity contribution in [3.8, 4) is 0 Å². The summed E-state index contributed by atoms with van der Waals surface area (Å²) in [6.45, 7) is 1.60. The molecule has 0 bridgehead atoms. The number of aromatic nitrogens is 1. The average Bonchev–Trinajstić information content (AvgIpc) is 2.67. The minimum Gasteiger partial charge on any atom is -0.355 e. The van der Waals surface area contributed by atoms with E-state index in [-0.39, 0.29) is 22.5 Å². The number of hydrogen-bond donors (Lipinski definition) is 2. The van der Waals surface area contributed by atoms with Crippen LogP contribution in [-0.2, 0) is 6.18 Å². The van der Waals surface area contributed by atoms with E-state index in [4.69, 9.17) is 0 Å². The van der Waals surface area contributed by atoms with Crippen molar-refractivity contribution in [2.75, 3.05) is 12.4 Å². The summed E-state index contributed by atoms with van der Waals surface area (Å²) >= 11 is 0. The number of anilines is 1. The second kappa shape index (κ2) is 7.30. The smallest absolute Gasteiger partial charge is 0.355 e. The van der Waals surface area contributed by atoms with Gasteiger partial charge in [0.05, 0.1) is 16.6 Å². The molecule has 1 aromatic heterocycles. The lowest BCUT2D eigenvalue weighted by Gasteiger charge is -2.16. The number of fused-ring (bicyclic) bond motifs is 1. The van der Waals surface area contributed by atoms with Crippen LogP contribution in [0.5, 0.6) is 0 Å². The number of alkyl halides is 3. The molecule has 8 heteroatoms. The van der Waals surface area contributed by atoms with Crippen molar-refractivity contribution in [1.82, 2.24) is 10.3 Å². The highest BCUT2D eigenvalue weighted by molar-refractivity contribution is 6.09. The molecule has 0 aliphatic carbocycles. The second-order valence-electron chi connectivity index (χ2n) is 6.07. The normalized spacial score (nSPS) is 11.3. The summed E-state index contributed by atoms with van der Waals surface area (Å²) < 4.78 is 41.1. The van der Waals surface area contributed by atoms with Gasteiger partial charge in [0, 0.05) is 29.9 Å². The Morgan fingerprint density at radius 2 is 1.68 bits per heavy atom. The Morgan fingerprint density at radius 1 is 0.964 bits per heavy atom. The monoisotopic (exact) mass is 387 g/mol. The molecule has 0 aliphatic heterocycles. The Kier molecular flexibility index (Phi) is 5.04. The minimum absolute atomic E-state index is 0.143. The summed E-state index contributed by atoms with van der Waals surface area (Å²) in [4.78, 5) is 28.5. The van der Waals surface area contributed by atoms with Gasteiger partial charge in [-0.15, -0.1) is 0 Å². The molecule has 28 heavy (non-hydrogen) atoms. The lowest BCUT2D eigenvalue weighted by atomic mass is 10.0. The zero-order valence-electron chi connectivity index (χ0n) is 15.0. The number of benzene rings is 2. The maximum Gasteiger partial charge on any atom is 0.417 e. The summed E-state index contributed by atoms with van der Waals surface area (Å²) in [5.41, 5.74) is -0.492. The van der Waals surface area contributed by atoms with Crippen LogP contribution >= 0.6 is 0 Å². The van der Waals surface area contributed by atoms with Gasteiger partial charge in [-0.3, -0.25) is 14.6 Å². The van der Waals surface area contributed by atoms with Crippen LogP contribution in [0.25, 0.3) is 10.9 Å². The summed E-state index contributed by atoms with van der Waals surface area (Å²) in [6, 6.07) is 10.4. The predicted octanol–water partition coefficient (Wildman–Crippen LogP) is 4.17. The van der Waals surface area contributed by atoms with Crippen molar-refractivity contribution in [2.45, 2.75) is 13.1 Å². The van der Waals surface area contributed by atoms with E-state index in [1.54, 1.807) is 19.1 Å². The topological polar surface area (TPSA) is 71.1 Å². The van der Waals surface area contributed by atoms with Crippen LogP contribution in [-0.4, -0.2) is 23.8 Å². The number of nitrogens with zero attached hydrogens (tertiary/aromatic N) is 1. The Labute approximate surface area is 158 Å². The van der Waals surface area contributed by atoms with Crippen LogP contribution in [0.2, 0.25) is 0 Å². The number of carbonyl (C=O) groups excluding carboxylic acids is 2. The molecule has 3 rings (SSSR count). The van der Waals surface area contributed by atoms with E-state index in [1.165, 1.54) is 37.4 Å². The van der Waals surface area contributed by atoms with Crippen LogP contribution in [0, 0.1) is 6.92 Å². The number of pyridine rings is 1. The van der Waals surface area contributed by atoms with Gasteiger partial charge in [-0.1, -0.05) is 24.3 Å². The van der Waals surface area contributed by atoms with Crippen LogP contribution < -0.4 is 10.6 Å². The van der Waals surface area contributed by atoms with Gasteiger partial charge in [0.15, 0.2) is 0 Å². The van der Waals surface area contributed by atoms with E-state index >= 15 is 0 Å². The molecular formula is C20H16F3N3O2. The van der Waals surface area contributed by atoms with Gasteiger partial charge >= 0.3 is 6.18 Å². The number of hydrogen-bond acceptors (Lipinski definition) is 3. The lowest BCUT2D eigenvalue weighted by Crippen LogP contribution is -2.22. The zero-order valence-corrected chi connectivity index (χ0v) is 15.0. The van der Waals surface area contributed by atoms with Crippen LogP contribution in [0.3, 0.4) is 0 Å². The zero-order chi connectivity index (χ0) is 20.5. The van der Waals surface area contributed by atoms with Crippen molar-refractivity contribution in [1.29, 1.82) is 0 Å². The van der Waals surface area contributed by atoms with Gasteiger partial charge in [-0.05, 0) is 30.7 Å². The molecule has 0 spiro atoms. The molecule has 0 fully saturated rings. The average molecular weight is 387 g/mol. The molecule has 3 aromatic rings. The highest BCUT2D eigenvalue weighted by Gasteiger charge is 2.37. The third-order valence-corrected chi connectivity index (χ3v) is 4.36. The molecule has 0 saturated carbocycles. The number of para-hydroxylation sites is 1. The van der Waals surface area contributed by atoms with Gasteiger partial charge in [0.1, 0.15) is 0 Å². The maximum absolute atomic E-state index is 13.7. The van der Waals surface area contributed by atoms with Gasteiger partial charge in [0.2, 0.25) is 0 Å². The first-order chi connectivity index (χ1) is 13.2. The molecular weight excluding hydrogens is 371 g/mol. The Hall–Kier alpha value is -3.42. The standard InChI is InChI=1S/C20H16F3N3O2/c1-11-12(18(27)24-2)7-5-9-15(11)26-19(28)14-10-25-16-8-4-3-6-13(16)17(14)20(21,22)23/h3-10H,1-2H3,(H,24,27)(H,26,28). The molecule has 2 aromatic carbocycles. The van der Waals surface area contributed by atoms with E-state index in [1.807, 2.05) is 0 Å². The summed E-state index contributed by atoms with van der Waals surface area (Å²) in [5, 5.41) is 4.78. The molecule has 5 nitrogen and oxygen atoms in total. The fourth-order valence-corrected chi connectivity index (χ4v) is 2.96. The number of carbonyl (C=O) groups is 2. The van der Waals surface area contributed by atoms with Gasteiger partial charge in [0.25, 0.3) is 11.8 Å². The predicted molar refractivity (Wildman–Crippen MR) is 99.3 cm³/mol. The lowest BCUT2D eigenvalue weighted by molar-refractivity contribution is -0.136. The van der Waals surface area contributed by atoms with Gasteiger partial charge in [-0.25, -0.2) is 0 Å². The first-order valence-electron chi connectivity index (χ1n) is 8.32. The minimum atomic E-state index is -4.74. The second-order valence-corrected chi connectivity index (χ2v) is 6.07. The first-order valence-corrected chi connectivity index (χ1v) is 8.32. The highest BCUT2D eigenvalue weighted by atomic mass is 19.4. The molecule has 0 aliphatic rings. The fourth-order valence-electron chi connectivity index (χ4n) is 2.96. The summed E-state index contributed by atoms with van der Waals surface area (Å²) in [6.07, 6.45) is -3.83. The molecule has 0 radical (unpaired) electrons. The third-order valence-electron chi connectivity index (χ3n) is 4.36. The molecule has 0 saturated heterocycles. The SMILES string of the molecule is CNC(=O)c1cccc(NC(=O)c2cnc3ccccc3c2C(F)(F)F)c1C. The molecule has 0 unspecified atom stereocenters. The van der Waals surface area contributed by atoms with Crippen molar-refractivity contribution in [3.05, 3.63) is 70.9 Å². The largest absolute Gasteiger partial charge is 0.417 e. The van der Waals surface area contributed by atoms with E-state index in [0.29, 0.717) is 11.1 Å². The molecule has 0 atom stereocenters. The van der Waals surface area contributed by atoms with Crippen molar-refractivity contribution in [2.24, 2.45) is 0 Å². The molecule has 144 valence electrons. The Morgan fingerprint density at radius 3 is 2.36 bits per heavy atom. The quantitative estimate of drug-likeness (QED) is 0.709. The summed E-state index contributed by atoms with van der Waals surface area (Å²) in [7, 11) is 1.46. The summed E-state index contributed by atoms with van der Waals surface area (Å²) in [5.74, 6) is -1.32. The number of halogens is 3. The molecule has 1 heterocycles. The molecule has 2 amide bonds. The van der Waals surface area contributed by atoms with Crippen molar-refractivity contribution in [3.63, 3.8) is 0 Å².